The van der Waals surface area contributed by atoms with Gasteiger partial charge in [-0.3, -0.25) is 0 Å². The molecule has 2 heterocycles. The van der Waals surface area contributed by atoms with Crippen molar-refractivity contribution in [3.63, 3.8) is 0 Å². The number of benzene rings is 1. The Labute approximate surface area is 105 Å². The maximum Gasteiger partial charge on any atom is 0.257 e. The van der Waals surface area contributed by atoms with E-state index in [2.05, 4.69) is 22.1 Å². The van der Waals surface area contributed by atoms with Crippen LogP contribution in [-0.2, 0) is 0 Å². The van der Waals surface area contributed by atoms with E-state index in [0.29, 0.717) is 11.8 Å². The standard InChI is InChI=1S/C13H15N3O2/c1-16-7-6-10(8-16)12-14-13(18-15-12)9-2-4-11(17)5-3-9/h2-5,10,17H,6-8H2,1H3. The molecule has 0 saturated carbocycles. The second-order valence-corrected chi connectivity index (χ2v) is 4.75. The SMILES string of the molecule is CN1CCC(c2noc(-c3ccc(O)cc3)n2)C1. The predicted molar refractivity (Wildman–Crippen MR) is 66.3 cm³/mol. The summed E-state index contributed by atoms with van der Waals surface area (Å²) >= 11 is 0. The fraction of sp³-hybridized carbons (Fsp3) is 0.385. The number of nitrogens with zero attached hydrogens (tertiary/aromatic N) is 3. The van der Waals surface area contributed by atoms with Gasteiger partial charge in [0, 0.05) is 18.0 Å². The molecule has 1 aromatic heterocycles. The highest BCUT2D eigenvalue weighted by Crippen LogP contribution is 2.26. The highest BCUT2D eigenvalue weighted by atomic mass is 16.5. The minimum atomic E-state index is 0.232. The molecular weight excluding hydrogens is 230 g/mol. The van der Waals surface area contributed by atoms with Crippen molar-refractivity contribution in [2.75, 3.05) is 20.1 Å². The largest absolute Gasteiger partial charge is 0.508 e. The van der Waals surface area contributed by atoms with Crippen molar-refractivity contribution >= 4 is 0 Å². The zero-order valence-corrected chi connectivity index (χ0v) is 10.2. The minimum Gasteiger partial charge on any atom is -0.508 e. The number of hydrogen-bond donors (Lipinski definition) is 1. The fourth-order valence-corrected chi connectivity index (χ4v) is 2.27. The smallest absolute Gasteiger partial charge is 0.257 e. The molecule has 1 atom stereocenters. The van der Waals surface area contributed by atoms with Crippen LogP contribution in [0.15, 0.2) is 28.8 Å². The lowest BCUT2D eigenvalue weighted by Crippen LogP contribution is -2.13. The summed E-state index contributed by atoms with van der Waals surface area (Å²) in [5.41, 5.74) is 0.831. The summed E-state index contributed by atoms with van der Waals surface area (Å²) in [7, 11) is 2.10. The lowest BCUT2D eigenvalue weighted by Gasteiger charge is -2.05. The molecule has 0 radical (unpaired) electrons. The van der Waals surface area contributed by atoms with Gasteiger partial charge in [0.1, 0.15) is 5.75 Å². The van der Waals surface area contributed by atoms with Gasteiger partial charge in [-0.15, -0.1) is 0 Å². The molecule has 0 bridgehead atoms. The van der Waals surface area contributed by atoms with Crippen LogP contribution in [0.1, 0.15) is 18.2 Å². The molecule has 1 unspecified atom stereocenters. The van der Waals surface area contributed by atoms with Crippen LogP contribution in [0.25, 0.3) is 11.5 Å². The zero-order valence-electron chi connectivity index (χ0n) is 10.2. The van der Waals surface area contributed by atoms with E-state index in [-0.39, 0.29) is 5.75 Å². The van der Waals surface area contributed by atoms with Gasteiger partial charge in [0.25, 0.3) is 5.89 Å². The number of hydrogen-bond acceptors (Lipinski definition) is 5. The van der Waals surface area contributed by atoms with E-state index in [1.807, 2.05) is 0 Å². The summed E-state index contributed by atoms with van der Waals surface area (Å²) in [6.45, 7) is 2.06. The van der Waals surface area contributed by atoms with E-state index in [4.69, 9.17) is 4.52 Å². The van der Waals surface area contributed by atoms with Crippen molar-refractivity contribution in [3.05, 3.63) is 30.1 Å². The molecule has 1 aromatic carbocycles. The first-order valence-corrected chi connectivity index (χ1v) is 6.04. The molecule has 18 heavy (non-hydrogen) atoms. The summed E-state index contributed by atoms with van der Waals surface area (Å²) in [6, 6.07) is 6.77. The van der Waals surface area contributed by atoms with Gasteiger partial charge in [-0.25, -0.2) is 0 Å². The van der Waals surface area contributed by atoms with Crippen LogP contribution in [0, 0.1) is 0 Å². The first kappa shape index (κ1) is 11.2. The van der Waals surface area contributed by atoms with Crippen molar-refractivity contribution < 1.29 is 9.63 Å². The molecule has 0 spiro atoms. The van der Waals surface area contributed by atoms with E-state index >= 15 is 0 Å². The molecular formula is C13H15N3O2. The second-order valence-electron chi connectivity index (χ2n) is 4.75. The van der Waals surface area contributed by atoms with Gasteiger partial charge in [-0.05, 0) is 44.3 Å². The Balaban J connectivity index is 1.83. The molecule has 1 aliphatic rings. The van der Waals surface area contributed by atoms with Crippen molar-refractivity contribution in [1.82, 2.24) is 15.0 Å². The summed E-state index contributed by atoms with van der Waals surface area (Å²) in [5, 5.41) is 13.3. The van der Waals surface area contributed by atoms with Crippen molar-refractivity contribution in [1.29, 1.82) is 0 Å². The number of phenolic OH excluding ortho intramolecular Hbond substituents is 1. The number of likely N-dealkylation sites (tertiary alicyclic amines) is 1. The van der Waals surface area contributed by atoms with Gasteiger partial charge in [-0.1, -0.05) is 5.16 Å². The fourth-order valence-electron chi connectivity index (χ4n) is 2.27. The third-order valence-corrected chi connectivity index (χ3v) is 3.31. The Hall–Kier alpha value is -1.88. The first-order valence-electron chi connectivity index (χ1n) is 6.04. The molecule has 2 aromatic rings. The quantitative estimate of drug-likeness (QED) is 0.875. The Morgan fingerprint density at radius 3 is 2.78 bits per heavy atom. The number of rotatable bonds is 2. The molecule has 94 valence electrons. The number of aromatic nitrogens is 2. The Morgan fingerprint density at radius 1 is 1.33 bits per heavy atom. The van der Waals surface area contributed by atoms with Crippen LogP contribution in [-0.4, -0.2) is 40.3 Å². The van der Waals surface area contributed by atoms with Gasteiger partial charge in [-0.2, -0.15) is 4.98 Å². The van der Waals surface area contributed by atoms with Crippen LogP contribution in [0.4, 0.5) is 0 Å². The summed E-state index contributed by atoms with van der Waals surface area (Å²) in [4.78, 5) is 6.71. The zero-order chi connectivity index (χ0) is 12.5. The Morgan fingerprint density at radius 2 is 2.11 bits per heavy atom. The highest BCUT2D eigenvalue weighted by Gasteiger charge is 2.25. The summed E-state index contributed by atoms with van der Waals surface area (Å²) in [6.07, 6.45) is 1.07. The van der Waals surface area contributed by atoms with Crippen molar-refractivity contribution in [2.24, 2.45) is 0 Å². The van der Waals surface area contributed by atoms with Crippen molar-refractivity contribution in [3.8, 4) is 17.2 Å². The van der Waals surface area contributed by atoms with E-state index in [1.165, 1.54) is 0 Å². The molecule has 1 fully saturated rings. The average molecular weight is 245 g/mol. The molecule has 3 rings (SSSR count). The Kier molecular flexibility index (Phi) is 2.76. The number of likely N-dealkylation sites (N-methyl/N-ethyl adjacent to an activating group) is 1. The molecule has 1 aliphatic heterocycles. The van der Waals surface area contributed by atoms with E-state index < -0.39 is 0 Å². The van der Waals surface area contributed by atoms with E-state index in [9.17, 15) is 5.11 Å². The molecule has 0 aliphatic carbocycles. The number of aromatic hydroxyl groups is 1. The van der Waals surface area contributed by atoms with E-state index in [0.717, 1.165) is 30.9 Å². The van der Waals surface area contributed by atoms with Crippen LogP contribution >= 0.6 is 0 Å². The summed E-state index contributed by atoms with van der Waals surface area (Å²) < 4.78 is 5.28. The average Bonchev–Trinajstić information content (AvgIpc) is 2.98. The van der Waals surface area contributed by atoms with Gasteiger partial charge in [0.05, 0.1) is 0 Å². The minimum absolute atomic E-state index is 0.232. The monoisotopic (exact) mass is 245 g/mol. The molecule has 1 N–H and O–H groups in total. The highest BCUT2D eigenvalue weighted by molar-refractivity contribution is 5.54. The molecule has 0 amide bonds. The topological polar surface area (TPSA) is 62.4 Å². The molecule has 5 heteroatoms. The Bertz CT molecular complexity index is 535. The third kappa shape index (κ3) is 2.09. The second kappa shape index (κ2) is 4.42. The molecule has 1 saturated heterocycles. The van der Waals surface area contributed by atoms with Gasteiger partial charge in [0.15, 0.2) is 5.82 Å². The lowest BCUT2D eigenvalue weighted by molar-refractivity contribution is 0.397. The normalized spacial score (nSPS) is 20.4. The maximum atomic E-state index is 9.24. The van der Waals surface area contributed by atoms with Crippen LogP contribution < -0.4 is 0 Å². The van der Waals surface area contributed by atoms with E-state index in [1.54, 1.807) is 24.3 Å². The first-order chi connectivity index (χ1) is 8.72. The maximum absolute atomic E-state index is 9.24. The van der Waals surface area contributed by atoms with Gasteiger partial charge in [0.2, 0.25) is 0 Å². The third-order valence-electron chi connectivity index (χ3n) is 3.31. The predicted octanol–water partition coefficient (Wildman–Crippen LogP) is 1.86. The van der Waals surface area contributed by atoms with Crippen LogP contribution in [0.2, 0.25) is 0 Å². The lowest BCUT2D eigenvalue weighted by atomic mass is 10.1. The number of phenols is 1. The van der Waals surface area contributed by atoms with Crippen LogP contribution in [0.3, 0.4) is 0 Å². The summed E-state index contributed by atoms with van der Waals surface area (Å²) in [5.74, 6) is 1.89. The van der Waals surface area contributed by atoms with Gasteiger partial charge < -0.3 is 14.5 Å². The van der Waals surface area contributed by atoms with Crippen molar-refractivity contribution in [2.45, 2.75) is 12.3 Å². The van der Waals surface area contributed by atoms with Crippen LogP contribution in [0.5, 0.6) is 5.75 Å². The van der Waals surface area contributed by atoms with Gasteiger partial charge >= 0.3 is 0 Å². The molecule has 5 nitrogen and oxygen atoms in total.